The molecule has 0 amide bonds. The van der Waals surface area contributed by atoms with E-state index in [2.05, 4.69) is 18.7 Å². The molecule has 198 valence electrons. The molecule has 0 saturated heterocycles. The molecule has 0 radical (unpaired) electrons. The van der Waals surface area contributed by atoms with Crippen LogP contribution in [0.3, 0.4) is 0 Å². The van der Waals surface area contributed by atoms with Crippen LogP contribution in [0.2, 0.25) is 0 Å². The lowest BCUT2D eigenvalue weighted by Gasteiger charge is -2.42. The minimum absolute atomic E-state index is 0.0548. The van der Waals surface area contributed by atoms with Crippen molar-refractivity contribution in [1.29, 1.82) is 0 Å². The number of carbonyl (C=O) groups excluding carboxylic acids is 2. The normalized spacial score (nSPS) is 21.2. The van der Waals surface area contributed by atoms with Crippen LogP contribution in [0.4, 0.5) is 0 Å². The van der Waals surface area contributed by atoms with E-state index in [4.69, 9.17) is 9.47 Å². The average Bonchev–Trinajstić information content (AvgIpc) is 3.27. The summed E-state index contributed by atoms with van der Waals surface area (Å²) >= 11 is 0. The number of hydrogen-bond acceptors (Lipinski definition) is 6. The van der Waals surface area contributed by atoms with Crippen molar-refractivity contribution in [3.05, 3.63) is 82.7 Å². The predicted octanol–water partition coefficient (Wildman–Crippen LogP) is 3.04. The number of methoxy groups -OCH3 is 2. The van der Waals surface area contributed by atoms with Crippen LogP contribution in [-0.4, -0.2) is 42.3 Å². The maximum atomic E-state index is 13.1. The fraction of sp³-hybridized carbons (Fsp3) is 0.345. The summed E-state index contributed by atoms with van der Waals surface area (Å²) in [5, 5.41) is 19.2. The van der Waals surface area contributed by atoms with E-state index in [0.29, 0.717) is 11.1 Å². The number of aromatic nitrogens is 2. The molecule has 38 heavy (non-hydrogen) atoms. The van der Waals surface area contributed by atoms with Gasteiger partial charge in [-0.25, -0.2) is 14.4 Å². The van der Waals surface area contributed by atoms with Crippen LogP contribution in [-0.2, 0) is 38.2 Å². The number of carboxylic acid groups (broad SMARTS) is 1. The van der Waals surface area contributed by atoms with Crippen molar-refractivity contribution in [2.75, 3.05) is 14.2 Å². The molecule has 0 saturated carbocycles. The highest BCUT2D eigenvalue weighted by Crippen LogP contribution is 2.58. The SMILES string of the molecule is C=C(O)C[n+]1cc(C(=O)OC)c2c(c1)C(C)=CC2(C)C1(C)C=C(C)c2c[n+](CC(=O)O)cc(C(=O)OC)c21. The highest BCUT2D eigenvalue weighted by molar-refractivity contribution is 5.97. The minimum Gasteiger partial charge on any atom is -0.506 e. The molecule has 0 aliphatic heterocycles. The van der Waals surface area contributed by atoms with Gasteiger partial charge in [-0.05, 0) is 36.1 Å². The van der Waals surface area contributed by atoms with Crippen molar-refractivity contribution in [2.45, 2.75) is 51.6 Å². The molecule has 0 fully saturated rings. The van der Waals surface area contributed by atoms with Crippen LogP contribution in [0.25, 0.3) is 11.1 Å². The number of hydrogen-bond donors (Lipinski definition) is 2. The first kappa shape index (κ1) is 26.8. The maximum Gasteiger partial charge on any atom is 0.370 e. The van der Waals surface area contributed by atoms with Gasteiger partial charge in [0.1, 0.15) is 11.1 Å². The van der Waals surface area contributed by atoms with E-state index in [0.717, 1.165) is 27.8 Å². The third-order valence-corrected chi connectivity index (χ3v) is 7.73. The number of carbonyl (C=O) groups is 3. The number of aliphatic hydroxyl groups excluding tert-OH is 1. The van der Waals surface area contributed by atoms with Crippen LogP contribution in [0.1, 0.15) is 70.7 Å². The quantitative estimate of drug-likeness (QED) is 0.327. The number of allylic oxidation sites excluding steroid dienone is 5. The van der Waals surface area contributed by atoms with Crippen LogP contribution in [0, 0.1) is 0 Å². The van der Waals surface area contributed by atoms with E-state index in [1.807, 2.05) is 33.9 Å². The second-order valence-corrected chi connectivity index (χ2v) is 10.3. The topological polar surface area (TPSA) is 118 Å². The lowest BCUT2D eigenvalue weighted by molar-refractivity contribution is -0.691. The summed E-state index contributed by atoms with van der Waals surface area (Å²) in [4.78, 5) is 37.6. The van der Waals surface area contributed by atoms with Crippen LogP contribution < -0.4 is 9.13 Å². The Morgan fingerprint density at radius 3 is 1.53 bits per heavy atom. The second-order valence-electron chi connectivity index (χ2n) is 10.3. The van der Waals surface area contributed by atoms with Gasteiger partial charge in [0, 0.05) is 22.0 Å². The number of aliphatic carboxylic acids is 1. The summed E-state index contributed by atoms with van der Waals surface area (Å²) in [7, 11) is 2.60. The van der Waals surface area contributed by atoms with Gasteiger partial charge in [0.05, 0.1) is 14.2 Å². The molecular weight excluding hydrogens is 488 g/mol. The van der Waals surface area contributed by atoms with Crippen LogP contribution in [0.15, 0.2) is 49.3 Å². The van der Waals surface area contributed by atoms with Gasteiger partial charge in [0.25, 0.3) is 0 Å². The van der Waals surface area contributed by atoms with Gasteiger partial charge >= 0.3 is 17.9 Å². The Balaban J connectivity index is 2.05. The summed E-state index contributed by atoms with van der Waals surface area (Å²) in [5.74, 6) is -2.21. The van der Waals surface area contributed by atoms with Crippen molar-refractivity contribution >= 4 is 29.1 Å². The molecule has 2 aromatic heterocycles. The largest absolute Gasteiger partial charge is 0.506 e. The first-order valence-electron chi connectivity index (χ1n) is 12.1. The zero-order valence-electron chi connectivity index (χ0n) is 22.4. The van der Waals surface area contributed by atoms with Crippen molar-refractivity contribution in [2.24, 2.45) is 0 Å². The minimum atomic E-state index is -1.04. The molecule has 0 bridgehead atoms. The first-order valence-corrected chi connectivity index (χ1v) is 12.1. The summed E-state index contributed by atoms with van der Waals surface area (Å²) in [5.41, 5.74) is 3.70. The van der Waals surface area contributed by atoms with E-state index in [1.165, 1.54) is 25.0 Å². The standard InChI is InChI=1S/C29H30N2O7/c1-16-8-28(4,24-19(16)11-30(10-18(3)32)13-21(24)26(35)37-6)29(5)9-17(2)20-12-31(15-23(33)34)14-22(25(20)29)27(36)38-7/h8-9,11-14H,3,10,15H2,1-2,4-7H3/p+2. The smallest absolute Gasteiger partial charge is 0.370 e. The van der Waals surface area contributed by atoms with Gasteiger partial charge in [-0.3, -0.25) is 0 Å². The van der Waals surface area contributed by atoms with Crippen LogP contribution in [0.5, 0.6) is 0 Å². The van der Waals surface area contributed by atoms with E-state index < -0.39 is 28.7 Å². The van der Waals surface area contributed by atoms with E-state index in [-0.39, 0.29) is 24.4 Å². The van der Waals surface area contributed by atoms with Crippen LogP contribution >= 0.6 is 0 Å². The van der Waals surface area contributed by atoms with Crippen molar-refractivity contribution in [1.82, 2.24) is 0 Å². The van der Waals surface area contributed by atoms with Gasteiger partial charge in [-0.1, -0.05) is 32.6 Å². The van der Waals surface area contributed by atoms with Gasteiger partial charge in [-0.2, -0.15) is 9.13 Å². The van der Waals surface area contributed by atoms with Gasteiger partial charge in [-0.15, -0.1) is 0 Å². The van der Waals surface area contributed by atoms with Crippen molar-refractivity contribution < 1.29 is 43.2 Å². The lowest BCUT2D eigenvalue weighted by Crippen LogP contribution is -2.46. The molecule has 9 nitrogen and oxygen atoms in total. The lowest BCUT2D eigenvalue weighted by atomic mass is 9.59. The monoisotopic (exact) mass is 520 g/mol. The Morgan fingerprint density at radius 2 is 1.18 bits per heavy atom. The number of carboxylic acids is 1. The number of pyridine rings is 2. The highest BCUT2D eigenvalue weighted by atomic mass is 16.5. The molecular formula is C29H32N2O7+2. The zero-order valence-corrected chi connectivity index (χ0v) is 22.4. The summed E-state index contributed by atoms with van der Waals surface area (Å²) in [6.07, 6.45) is 10.9. The Hall–Kier alpha value is -4.27. The number of esters is 2. The molecule has 2 unspecified atom stereocenters. The third kappa shape index (κ3) is 3.98. The molecule has 2 aliphatic rings. The molecule has 0 spiro atoms. The molecule has 0 aromatic carbocycles. The Morgan fingerprint density at radius 1 is 0.789 bits per heavy atom. The number of nitrogens with zero attached hydrogens (tertiary/aromatic N) is 2. The number of aliphatic hydroxyl groups is 1. The fourth-order valence-corrected chi connectivity index (χ4v) is 6.07. The summed E-state index contributed by atoms with van der Waals surface area (Å²) in [6, 6.07) is 0. The Labute approximate surface area is 221 Å². The van der Waals surface area contributed by atoms with E-state index in [1.54, 1.807) is 17.0 Å². The number of fused-ring (bicyclic) bond motifs is 2. The number of rotatable bonds is 7. The van der Waals surface area contributed by atoms with E-state index >= 15 is 0 Å². The summed E-state index contributed by atoms with van der Waals surface area (Å²) in [6.45, 7) is 11.2. The predicted molar refractivity (Wildman–Crippen MR) is 137 cm³/mol. The van der Waals surface area contributed by atoms with Crippen molar-refractivity contribution in [3.63, 3.8) is 0 Å². The summed E-state index contributed by atoms with van der Waals surface area (Å²) < 4.78 is 13.4. The molecule has 2 atom stereocenters. The van der Waals surface area contributed by atoms with Gasteiger partial charge < -0.3 is 19.7 Å². The van der Waals surface area contributed by atoms with E-state index in [9.17, 15) is 24.6 Å². The highest BCUT2D eigenvalue weighted by Gasteiger charge is 2.55. The Bertz CT molecular complexity index is 1370. The second kappa shape index (κ2) is 9.24. The average molecular weight is 521 g/mol. The molecule has 2 aliphatic carbocycles. The van der Waals surface area contributed by atoms with Crippen molar-refractivity contribution in [3.8, 4) is 0 Å². The molecule has 2 aromatic rings. The molecule has 2 heterocycles. The number of ether oxygens (including phenoxy) is 2. The first-order chi connectivity index (χ1) is 17.8. The molecule has 2 N–H and O–H groups in total. The maximum absolute atomic E-state index is 13.1. The third-order valence-electron chi connectivity index (χ3n) is 7.73. The molecule has 9 heteroatoms. The van der Waals surface area contributed by atoms with Gasteiger partial charge in [0.15, 0.2) is 30.5 Å². The zero-order chi connectivity index (χ0) is 28.2. The Kier molecular flexibility index (Phi) is 6.51. The fourth-order valence-electron chi connectivity index (χ4n) is 6.07. The van der Waals surface area contributed by atoms with Gasteiger partial charge in [0.2, 0.25) is 13.1 Å². The molecule has 4 rings (SSSR count).